The molecule has 1 N–H and O–H groups in total. The SMILES string of the molecule is CN1CCN(C2CCN(C(=O)C(Cc3ccc(Cl)c(Cl)c3)OC(=O)N3CCC(N4Cc5ccccc5NC4=O)CC3)CC2)CC1. The Morgan fingerprint density at radius 1 is 0.867 bits per heavy atom. The Bertz CT molecular complexity index is 1390. The average molecular weight is 658 g/mol. The molecular weight excluding hydrogens is 615 g/mol. The topological polar surface area (TPSA) is 88.7 Å². The largest absolute Gasteiger partial charge is 0.436 e. The normalized spacial score (nSPS) is 21.3. The zero-order valence-corrected chi connectivity index (χ0v) is 27.3. The van der Waals surface area contributed by atoms with E-state index in [0.717, 1.165) is 55.8 Å². The van der Waals surface area contributed by atoms with E-state index in [2.05, 4.69) is 22.2 Å². The van der Waals surface area contributed by atoms with E-state index in [0.29, 0.717) is 61.7 Å². The van der Waals surface area contributed by atoms with Crippen LogP contribution in [0.25, 0.3) is 0 Å². The first kappa shape index (κ1) is 31.9. The maximum absolute atomic E-state index is 13.9. The van der Waals surface area contributed by atoms with E-state index in [1.807, 2.05) is 40.1 Å². The van der Waals surface area contributed by atoms with Crippen molar-refractivity contribution in [2.75, 3.05) is 64.7 Å². The van der Waals surface area contributed by atoms with Gasteiger partial charge >= 0.3 is 12.1 Å². The summed E-state index contributed by atoms with van der Waals surface area (Å²) in [6.45, 7) is 6.95. The Labute approximate surface area is 275 Å². The smallest absolute Gasteiger partial charge is 0.410 e. The summed E-state index contributed by atoms with van der Waals surface area (Å²) in [6.07, 6.45) is 1.82. The number of para-hydroxylation sites is 1. The number of likely N-dealkylation sites (N-methyl/N-ethyl adjacent to an activating group) is 1. The van der Waals surface area contributed by atoms with Gasteiger partial charge in [-0.3, -0.25) is 9.69 Å². The highest BCUT2D eigenvalue weighted by Gasteiger charge is 2.37. The summed E-state index contributed by atoms with van der Waals surface area (Å²) in [5.74, 6) is -0.176. The second-order valence-corrected chi connectivity index (χ2v) is 13.5. The third kappa shape index (κ3) is 7.51. The molecule has 0 aliphatic carbocycles. The maximum Gasteiger partial charge on any atom is 0.410 e. The van der Waals surface area contributed by atoms with Gasteiger partial charge in [-0.15, -0.1) is 0 Å². The van der Waals surface area contributed by atoms with Gasteiger partial charge in [0.1, 0.15) is 0 Å². The molecule has 0 aromatic heterocycles. The first-order valence-corrected chi connectivity index (χ1v) is 16.8. The van der Waals surface area contributed by atoms with Crippen LogP contribution in [0.5, 0.6) is 0 Å². The minimum atomic E-state index is -0.975. The Morgan fingerprint density at radius 2 is 1.53 bits per heavy atom. The van der Waals surface area contributed by atoms with Crippen LogP contribution in [-0.4, -0.2) is 120 Å². The number of nitrogens with zero attached hydrogens (tertiary/aromatic N) is 5. The first-order chi connectivity index (χ1) is 21.7. The third-order valence-electron chi connectivity index (χ3n) is 9.78. The van der Waals surface area contributed by atoms with Crippen molar-refractivity contribution < 1.29 is 19.1 Å². The quantitative estimate of drug-likeness (QED) is 0.481. The van der Waals surface area contributed by atoms with E-state index in [1.165, 1.54) is 0 Å². The fourth-order valence-electron chi connectivity index (χ4n) is 6.98. The van der Waals surface area contributed by atoms with Gasteiger partial charge < -0.3 is 29.7 Å². The minimum Gasteiger partial charge on any atom is -0.436 e. The molecule has 1 atom stereocenters. The summed E-state index contributed by atoms with van der Waals surface area (Å²) >= 11 is 12.4. The van der Waals surface area contributed by atoms with Crippen LogP contribution in [0.15, 0.2) is 42.5 Å². The summed E-state index contributed by atoms with van der Waals surface area (Å²) in [7, 11) is 2.16. The number of piperazine rings is 1. The van der Waals surface area contributed by atoms with E-state index in [9.17, 15) is 14.4 Å². The molecule has 3 fully saturated rings. The summed E-state index contributed by atoms with van der Waals surface area (Å²) < 4.78 is 5.99. The summed E-state index contributed by atoms with van der Waals surface area (Å²) in [6, 6.07) is 13.4. The number of likely N-dealkylation sites (tertiary alicyclic amines) is 2. The summed E-state index contributed by atoms with van der Waals surface area (Å²) in [4.78, 5) is 50.5. The van der Waals surface area contributed by atoms with Crippen molar-refractivity contribution in [1.29, 1.82) is 0 Å². The average Bonchev–Trinajstić information content (AvgIpc) is 3.06. The van der Waals surface area contributed by atoms with Gasteiger partial charge in [-0.1, -0.05) is 47.5 Å². The molecule has 0 radical (unpaired) electrons. The van der Waals surface area contributed by atoms with E-state index >= 15 is 0 Å². The molecule has 4 heterocycles. The van der Waals surface area contributed by atoms with Crippen molar-refractivity contribution in [3.05, 3.63) is 63.6 Å². The fourth-order valence-corrected chi connectivity index (χ4v) is 7.30. The van der Waals surface area contributed by atoms with Crippen molar-refractivity contribution in [1.82, 2.24) is 24.5 Å². The second-order valence-electron chi connectivity index (χ2n) is 12.7. The number of benzene rings is 2. The van der Waals surface area contributed by atoms with Gasteiger partial charge in [0.15, 0.2) is 6.10 Å². The number of urea groups is 1. The number of fused-ring (bicyclic) bond motifs is 1. The molecule has 45 heavy (non-hydrogen) atoms. The lowest BCUT2D eigenvalue weighted by Crippen LogP contribution is -2.55. The van der Waals surface area contributed by atoms with Crippen molar-refractivity contribution in [2.45, 2.75) is 56.8 Å². The predicted molar refractivity (Wildman–Crippen MR) is 175 cm³/mol. The molecule has 3 saturated heterocycles. The number of anilines is 1. The van der Waals surface area contributed by atoms with Crippen molar-refractivity contribution in [3.8, 4) is 0 Å². The summed E-state index contributed by atoms with van der Waals surface area (Å²) in [5, 5.41) is 3.81. The molecule has 4 aliphatic rings. The lowest BCUT2D eigenvalue weighted by Gasteiger charge is -2.42. The monoisotopic (exact) mass is 656 g/mol. The summed E-state index contributed by atoms with van der Waals surface area (Å²) in [5.41, 5.74) is 2.70. The number of rotatable bonds is 6. The van der Waals surface area contributed by atoms with Crippen LogP contribution in [0.1, 0.15) is 36.8 Å². The van der Waals surface area contributed by atoms with Crippen LogP contribution in [0.4, 0.5) is 15.3 Å². The van der Waals surface area contributed by atoms with E-state index in [1.54, 1.807) is 17.0 Å². The molecule has 0 saturated carbocycles. The Kier molecular flexibility index (Phi) is 10.0. The van der Waals surface area contributed by atoms with E-state index in [4.69, 9.17) is 27.9 Å². The minimum absolute atomic E-state index is 0.0117. The standard InChI is InChI=1S/C33H42Cl2N6O4/c1-37-16-18-38(19-17-37)25-8-12-39(13-9-25)31(42)30(21-23-6-7-27(34)28(35)20-23)45-33(44)40-14-10-26(11-15-40)41-22-24-4-2-3-5-29(24)36-32(41)43/h2-7,20,25-26,30H,8-19,21-22H2,1H3,(H,36,43). The third-order valence-corrected chi connectivity index (χ3v) is 10.5. The highest BCUT2D eigenvalue weighted by Crippen LogP contribution is 2.29. The lowest BCUT2D eigenvalue weighted by atomic mass is 10.0. The van der Waals surface area contributed by atoms with Crippen LogP contribution in [0.2, 0.25) is 10.0 Å². The molecule has 6 rings (SSSR count). The molecule has 10 nitrogen and oxygen atoms in total. The van der Waals surface area contributed by atoms with Gasteiger partial charge in [-0.05, 0) is 62.1 Å². The predicted octanol–water partition coefficient (Wildman–Crippen LogP) is 4.79. The Morgan fingerprint density at radius 3 is 2.24 bits per heavy atom. The molecule has 0 spiro atoms. The van der Waals surface area contributed by atoms with Crippen LogP contribution < -0.4 is 5.32 Å². The van der Waals surface area contributed by atoms with E-state index < -0.39 is 12.2 Å². The van der Waals surface area contributed by atoms with Crippen LogP contribution in [0.3, 0.4) is 0 Å². The molecule has 4 amide bonds. The van der Waals surface area contributed by atoms with Crippen molar-refractivity contribution >= 4 is 46.9 Å². The van der Waals surface area contributed by atoms with Gasteiger partial charge in [-0.2, -0.15) is 0 Å². The number of nitrogens with one attached hydrogen (secondary N) is 1. The molecule has 0 bridgehead atoms. The van der Waals surface area contributed by atoms with Crippen molar-refractivity contribution in [3.63, 3.8) is 0 Å². The molecule has 4 aliphatic heterocycles. The van der Waals surface area contributed by atoms with Gasteiger partial charge in [0, 0.05) is 83.1 Å². The van der Waals surface area contributed by atoms with Crippen LogP contribution in [0, 0.1) is 0 Å². The number of ether oxygens (including phenoxy) is 1. The molecule has 12 heteroatoms. The van der Waals surface area contributed by atoms with E-state index in [-0.39, 0.29) is 24.4 Å². The number of hydrogen-bond acceptors (Lipinski definition) is 6. The van der Waals surface area contributed by atoms with Crippen LogP contribution in [-0.2, 0) is 22.5 Å². The number of carbonyl (C=O) groups is 3. The highest BCUT2D eigenvalue weighted by atomic mass is 35.5. The molecule has 242 valence electrons. The Hall–Kier alpha value is -3.05. The second kappa shape index (κ2) is 14.2. The number of amides is 4. The zero-order chi connectivity index (χ0) is 31.5. The Balaban J connectivity index is 1.07. The molecular formula is C33H42Cl2N6O4. The van der Waals surface area contributed by atoms with Gasteiger partial charge in [0.05, 0.1) is 10.0 Å². The number of carbonyl (C=O) groups excluding carboxylic acids is 3. The van der Waals surface area contributed by atoms with Gasteiger partial charge in [0.2, 0.25) is 0 Å². The maximum atomic E-state index is 13.9. The highest BCUT2D eigenvalue weighted by molar-refractivity contribution is 6.42. The van der Waals surface area contributed by atoms with Gasteiger partial charge in [0.25, 0.3) is 5.91 Å². The number of piperidine rings is 2. The molecule has 1 unspecified atom stereocenters. The fraction of sp³-hybridized carbons (Fsp3) is 0.545. The zero-order valence-electron chi connectivity index (χ0n) is 25.8. The number of halogens is 2. The first-order valence-electron chi connectivity index (χ1n) is 16.0. The van der Waals surface area contributed by atoms with Crippen molar-refractivity contribution in [2.24, 2.45) is 0 Å². The van der Waals surface area contributed by atoms with Gasteiger partial charge in [-0.25, -0.2) is 9.59 Å². The molecule has 2 aromatic rings. The number of hydrogen-bond donors (Lipinski definition) is 1. The molecule has 2 aromatic carbocycles. The van der Waals surface area contributed by atoms with Crippen LogP contribution >= 0.6 is 23.2 Å². The lowest BCUT2D eigenvalue weighted by molar-refractivity contribution is -0.142.